The minimum Gasteiger partial charge on any atom is -0.454 e. The molecule has 0 aliphatic heterocycles. The summed E-state index contributed by atoms with van der Waals surface area (Å²) in [7, 11) is 0. The van der Waals surface area contributed by atoms with E-state index in [1.807, 2.05) is 22.9 Å². The zero-order valence-electron chi connectivity index (χ0n) is 13.2. The van der Waals surface area contributed by atoms with Gasteiger partial charge in [-0.1, -0.05) is 6.07 Å². The van der Waals surface area contributed by atoms with E-state index < -0.39 is 5.97 Å². The first-order valence-electron chi connectivity index (χ1n) is 7.56. The molecule has 0 radical (unpaired) electrons. The number of rotatable bonds is 5. The molecule has 4 aromatic rings. The first kappa shape index (κ1) is 17.0. The summed E-state index contributed by atoms with van der Waals surface area (Å²) in [5.74, 6) is -0.759. The highest BCUT2D eigenvalue weighted by Crippen LogP contribution is 2.28. The third kappa shape index (κ3) is 3.72. The number of ether oxygens (including phenoxy) is 1. The third-order valence-corrected chi connectivity index (χ3v) is 6.26. The van der Waals surface area contributed by atoms with Gasteiger partial charge in [0.1, 0.15) is 22.4 Å². The predicted octanol–water partition coefficient (Wildman–Crippen LogP) is 5.49. The number of aromatic nitrogens is 2. The average molecular weight is 402 g/mol. The highest BCUT2D eigenvalue weighted by Gasteiger charge is 2.15. The molecule has 8 heteroatoms. The van der Waals surface area contributed by atoms with Crippen molar-refractivity contribution in [3.8, 4) is 20.5 Å². The molecule has 0 unspecified atom stereocenters. The lowest BCUT2D eigenvalue weighted by Crippen LogP contribution is -2.05. The van der Waals surface area contributed by atoms with Crippen LogP contribution < -0.4 is 0 Å². The molecule has 0 saturated heterocycles. The fraction of sp³-hybridized carbons (Fsp3) is 0.0556. The first-order chi connectivity index (χ1) is 12.7. The van der Waals surface area contributed by atoms with E-state index in [2.05, 4.69) is 9.97 Å². The van der Waals surface area contributed by atoms with Crippen LogP contribution in [0.4, 0.5) is 4.39 Å². The van der Waals surface area contributed by atoms with E-state index >= 15 is 0 Å². The van der Waals surface area contributed by atoms with Crippen molar-refractivity contribution < 1.29 is 13.9 Å². The van der Waals surface area contributed by atoms with Crippen LogP contribution in [-0.4, -0.2) is 15.9 Å². The molecule has 0 aliphatic carbocycles. The second-order valence-electron chi connectivity index (χ2n) is 5.24. The van der Waals surface area contributed by atoms with Crippen molar-refractivity contribution >= 4 is 40.0 Å². The zero-order valence-corrected chi connectivity index (χ0v) is 15.7. The molecule has 0 N–H and O–H groups in total. The summed E-state index contributed by atoms with van der Waals surface area (Å²) in [6, 6.07) is 10.0. The topological polar surface area (TPSA) is 52.1 Å². The van der Waals surface area contributed by atoms with Gasteiger partial charge in [0.2, 0.25) is 0 Å². The van der Waals surface area contributed by atoms with E-state index in [4.69, 9.17) is 4.74 Å². The molecule has 4 nitrogen and oxygen atoms in total. The number of carbonyl (C=O) groups excluding carboxylic acids is 1. The Balaban J connectivity index is 1.40. The number of benzene rings is 1. The molecule has 0 atom stereocenters. The zero-order chi connectivity index (χ0) is 17.9. The molecule has 1 aromatic carbocycles. The Bertz CT molecular complexity index is 1020. The summed E-state index contributed by atoms with van der Waals surface area (Å²) in [6.07, 6.45) is 0. The third-order valence-electron chi connectivity index (χ3n) is 3.44. The Labute approximate surface area is 160 Å². The van der Waals surface area contributed by atoms with Gasteiger partial charge >= 0.3 is 5.97 Å². The highest BCUT2D eigenvalue weighted by atomic mass is 32.1. The Morgan fingerprint density at radius 2 is 1.81 bits per heavy atom. The fourth-order valence-electron chi connectivity index (χ4n) is 2.19. The van der Waals surface area contributed by atoms with Gasteiger partial charge in [0, 0.05) is 16.3 Å². The molecule has 3 aromatic heterocycles. The standard InChI is InChI=1S/C18H11FN2O2S3/c19-12-5-3-11(4-6-12)16-20-13(9-25-16)8-23-18(22)14-10-26-17(21-14)15-2-1-7-24-15/h1-7,9-10H,8H2. The second-order valence-corrected chi connectivity index (χ2v) is 7.91. The van der Waals surface area contributed by atoms with Crippen molar-refractivity contribution in [1.82, 2.24) is 9.97 Å². The second kappa shape index (κ2) is 7.45. The predicted molar refractivity (Wildman–Crippen MR) is 102 cm³/mol. The molecule has 26 heavy (non-hydrogen) atoms. The number of hydrogen-bond donors (Lipinski definition) is 0. The number of halogens is 1. The van der Waals surface area contributed by atoms with E-state index in [0.29, 0.717) is 11.4 Å². The van der Waals surface area contributed by atoms with E-state index in [9.17, 15) is 9.18 Å². The van der Waals surface area contributed by atoms with Gasteiger partial charge in [-0.05, 0) is 35.7 Å². The van der Waals surface area contributed by atoms with E-state index in [1.54, 1.807) is 28.8 Å². The molecule has 0 fully saturated rings. The van der Waals surface area contributed by atoms with Gasteiger partial charge in [-0.3, -0.25) is 0 Å². The van der Waals surface area contributed by atoms with Crippen LogP contribution in [0.15, 0.2) is 52.5 Å². The first-order valence-corrected chi connectivity index (χ1v) is 10.2. The smallest absolute Gasteiger partial charge is 0.358 e. The maximum Gasteiger partial charge on any atom is 0.358 e. The van der Waals surface area contributed by atoms with Crippen molar-refractivity contribution in [2.24, 2.45) is 0 Å². The lowest BCUT2D eigenvalue weighted by molar-refractivity contribution is 0.0462. The number of nitrogens with zero attached hydrogens (tertiary/aromatic N) is 2. The van der Waals surface area contributed by atoms with Crippen LogP contribution in [0.5, 0.6) is 0 Å². The van der Waals surface area contributed by atoms with E-state index in [1.165, 1.54) is 34.8 Å². The van der Waals surface area contributed by atoms with Crippen LogP contribution >= 0.6 is 34.0 Å². The molecule has 130 valence electrons. The van der Waals surface area contributed by atoms with Crippen molar-refractivity contribution in [3.63, 3.8) is 0 Å². The summed E-state index contributed by atoms with van der Waals surface area (Å²) < 4.78 is 18.3. The van der Waals surface area contributed by atoms with Gasteiger partial charge in [-0.25, -0.2) is 19.2 Å². The minimum atomic E-state index is -0.472. The van der Waals surface area contributed by atoms with Gasteiger partial charge in [-0.2, -0.15) is 0 Å². The number of thiazole rings is 2. The molecular weight excluding hydrogens is 391 g/mol. The Kier molecular flexibility index (Phi) is 4.87. The van der Waals surface area contributed by atoms with Gasteiger partial charge < -0.3 is 4.74 Å². The largest absolute Gasteiger partial charge is 0.454 e. The van der Waals surface area contributed by atoms with Crippen molar-refractivity contribution in [2.75, 3.05) is 0 Å². The maximum absolute atomic E-state index is 13.0. The lowest BCUT2D eigenvalue weighted by atomic mass is 10.2. The Morgan fingerprint density at radius 1 is 1.00 bits per heavy atom. The van der Waals surface area contributed by atoms with Gasteiger partial charge in [0.25, 0.3) is 0 Å². The quantitative estimate of drug-likeness (QED) is 0.414. The van der Waals surface area contributed by atoms with Crippen molar-refractivity contribution in [2.45, 2.75) is 6.61 Å². The molecule has 0 aliphatic rings. The summed E-state index contributed by atoms with van der Waals surface area (Å²) in [5, 5.41) is 7.05. The minimum absolute atomic E-state index is 0.0718. The summed E-state index contributed by atoms with van der Waals surface area (Å²) in [4.78, 5) is 22.0. The summed E-state index contributed by atoms with van der Waals surface area (Å²) in [5.41, 5.74) is 1.78. The van der Waals surface area contributed by atoms with E-state index in [0.717, 1.165) is 20.5 Å². The molecule has 3 heterocycles. The van der Waals surface area contributed by atoms with E-state index in [-0.39, 0.29) is 12.4 Å². The SMILES string of the molecule is O=C(OCc1csc(-c2ccc(F)cc2)n1)c1csc(-c2cccs2)n1. The average Bonchev–Trinajstić information content (AvgIpc) is 3.41. The summed E-state index contributed by atoms with van der Waals surface area (Å²) >= 11 is 4.41. The Morgan fingerprint density at radius 3 is 2.58 bits per heavy atom. The number of esters is 1. The molecule has 0 spiro atoms. The van der Waals surface area contributed by atoms with Crippen LogP contribution in [0.2, 0.25) is 0 Å². The molecule has 4 rings (SSSR count). The monoisotopic (exact) mass is 402 g/mol. The van der Waals surface area contributed by atoms with Crippen LogP contribution in [0, 0.1) is 5.82 Å². The van der Waals surface area contributed by atoms with Gasteiger partial charge in [-0.15, -0.1) is 34.0 Å². The molecule has 0 amide bonds. The van der Waals surface area contributed by atoms with Crippen LogP contribution in [0.25, 0.3) is 20.5 Å². The molecular formula is C18H11FN2O2S3. The number of carbonyl (C=O) groups is 1. The van der Waals surface area contributed by atoms with Gasteiger partial charge in [0.05, 0.1) is 10.6 Å². The molecule has 0 bridgehead atoms. The van der Waals surface area contributed by atoms with Crippen LogP contribution in [-0.2, 0) is 11.3 Å². The number of thiophene rings is 1. The molecule has 0 saturated carbocycles. The van der Waals surface area contributed by atoms with Crippen molar-refractivity contribution in [1.29, 1.82) is 0 Å². The lowest BCUT2D eigenvalue weighted by Gasteiger charge is -2.00. The number of hydrogen-bond acceptors (Lipinski definition) is 7. The highest BCUT2D eigenvalue weighted by molar-refractivity contribution is 7.20. The Hall–Kier alpha value is -2.42. The maximum atomic E-state index is 13.0. The fourth-order valence-corrected chi connectivity index (χ4v) is 4.61. The van der Waals surface area contributed by atoms with Gasteiger partial charge in [0.15, 0.2) is 5.69 Å². The van der Waals surface area contributed by atoms with Crippen LogP contribution in [0.3, 0.4) is 0 Å². The van der Waals surface area contributed by atoms with Crippen LogP contribution in [0.1, 0.15) is 16.2 Å². The van der Waals surface area contributed by atoms with Crippen molar-refractivity contribution in [3.05, 3.63) is 69.7 Å². The summed E-state index contributed by atoms with van der Waals surface area (Å²) in [6.45, 7) is 0.0718. The normalized spacial score (nSPS) is 10.8.